The third-order valence-corrected chi connectivity index (χ3v) is 4.47. The number of carbonyl (C=O) groups is 2. The van der Waals surface area contributed by atoms with Crippen LogP contribution in [0.25, 0.3) is 0 Å². The van der Waals surface area contributed by atoms with Crippen LogP contribution in [0, 0.1) is 0 Å². The van der Waals surface area contributed by atoms with Gasteiger partial charge in [-0.2, -0.15) is 0 Å². The van der Waals surface area contributed by atoms with E-state index in [9.17, 15) is 9.59 Å². The van der Waals surface area contributed by atoms with E-state index in [1.54, 1.807) is 42.5 Å². The Morgan fingerprint density at radius 2 is 1.80 bits per heavy atom. The van der Waals surface area contributed by atoms with Crippen molar-refractivity contribution in [3.63, 3.8) is 0 Å². The van der Waals surface area contributed by atoms with Gasteiger partial charge in [-0.15, -0.1) is 0 Å². The van der Waals surface area contributed by atoms with E-state index in [1.807, 2.05) is 4.90 Å². The van der Waals surface area contributed by atoms with Gasteiger partial charge < -0.3 is 15.0 Å². The SMILES string of the molecule is COc1ccc(NC(=O)c2cccc(C(=O)N3CCCC3)c2)cc1Cl. The molecule has 0 aliphatic carbocycles. The molecule has 1 fully saturated rings. The highest BCUT2D eigenvalue weighted by Crippen LogP contribution is 2.27. The first kappa shape index (κ1) is 17.3. The molecule has 0 bridgehead atoms. The maximum Gasteiger partial charge on any atom is 0.255 e. The number of anilines is 1. The molecule has 0 aromatic heterocycles. The van der Waals surface area contributed by atoms with Crippen molar-refractivity contribution in [3.05, 3.63) is 58.6 Å². The molecule has 2 amide bonds. The van der Waals surface area contributed by atoms with Crippen LogP contribution in [-0.4, -0.2) is 36.9 Å². The van der Waals surface area contributed by atoms with Crippen LogP contribution in [0.4, 0.5) is 5.69 Å². The molecule has 1 aliphatic rings. The number of nitrogens with one attached hydrogen (secondary N) is 1. The minimum atomic E-state index is -0.294. The van der Waals surface area contributed by atoms with Gasteiger partial charge in [-0.1, -0.05) is 17.7 Å². The van der Waals surface area contributed by atoms with E-state index in [4.69, 9.17) is 16.3 Å². The number of likely N-dealkylation sites (tertiary alicyclic amines) is 1. The Balaban J connectivity index is 1.75. The lowest BCUT2D eigenvalue weighted by Crippen LogP contribution is -2.27. The van der Waals surface area contributed by atoms with Crippen LogP contribution in [0.1, 0.15) is 33.6 Å². The largest absolute Gasteiger partial charge is 0.495 e. The molecule has 6 heteroatoms. The minimum absolute atomic E-state index is 0.0281. The zero-order valence-electron chi connectivity index (χ0n) is 13.9. The quantitative estimate of drug-likeness (QED) is 0.903. The van der Waals surface area contributed by atoms with Gasteiger partial charge in [-0.25, -0.2) is 0 Å². The molecule has 0 spiro atoms. The fourth-order valence-electron chi connectivity index (χ4n) is 2.84. The number of hydrogen-bond acceptors (Lipinski definition) is 3. The molecule has 130 valence electrons. The third-order valence-electron chi connectivity index (χ3n) is 4.17. The molecule has 0 atom stereocenters. The zero-order chi connectivity index (χ0) is 17.8. The van der Waals surface area contributed by atoms with E-state index < -0.39 is 0 Å². The van der Waals surface area contributed by atoms with E-state index in [2.05, 4.69) is 5.32 Å². The highest BCUT2D eigenvalue weighted by atomic mass is 35.5. The number of ether oxygens (including phenoxy) is 1. The number of nitrogens with zero attached hydrogens (tertiary/aromatic N) is 1. The van der Waals surface area contributed by atoms with Gasteiger partial charge in [-0.3, -0.25) is 9.59 Å². The van der Waals surface area contributed by atoms with Crippen molar-refractivity contribution in [1.29, 1.82) is 0 Å². The van der Waals surface area contributed by atoms with Crippen molar-refractivity contribution in [2.45, 2.75) is 12.8 Å². The molecule has 5 nitrogen and oxygen atoms in total. The Labute approximate surface area is 151 Å². The molecule has 1 N–H and O–H groups in total. The van der Waals surface area contributed by atoms with Crippen LogP contribution >= 0.6 is 11.6 Å². The number of methoxy groups -OCH3 is 1. The van der Waals surface area contributed by atoms with Crippen molar-refractivity contribution in [3.8, 4) is 5.75 Å². The van der Waals surface area contributed by atoms with E-state index >= 15 is 0 Å². The lowest BCUT2D eigenvalue weighted by Gasteiger charge is -2.15. The number of hydrogen-bond donors (Lipinski definition) is 1. The third kappa shape index (κ3) is 3.94. The second kappa shape index (κ2) is 7.57. The summed E-state index contributed by atoms with van der Waals surface area (Å²) in [6, 6.07) is 11.8. The Morgan fingerprint density at radius 3 is 2.48 bits per heavy atom. The van der Waals surface area contributed by atoms with E-state index in [-0.39, 0.29) is 11.8 Å². The van der Waals surface area contributed by atoms with Crippen LogP contribution in [0.3, 0.4) is 0 Å². The van der Waals surface area contributed by atoms with Gasteiger partial charge in [0.2, 0.25) is 0 Å². The van der Waals surface area contributed by atoms with Crippen molar-refractivity contribution < 1.29 is 14.3 Å². The first-order chi connectivity index (χ1) is 12.1. The highest BCUT2D eigenvalue weighted by Gasteiger charge is 2.20. The van der Waals surface area contributed by atoms with Crippen molar-refractivity contribution in [1.82, 2.24) is 4.90 Å². The first-order valence-electron chi connectivity index (χ1n) is 8.13. The predicted molar refractivity (Wildman–Crippen MR) is 97.5 cm³/mol. The number of benzene rings is 2. The summed E-state index contributed by atoms with van der Waals surface area (Å²) in [5.74, 6) is 0.217. The second-order valence-corrected chi connectivity index (χ2v) is 6.29. The van der Waals surface area contributed by atoms with Crippen molar-refractivity contribution in [2.75, 3.05) is 25.5 Å². The summed E-state index contributed by atoms with van der Waals surface area (Å²) < 4.78 is 5.09. The smallest absolute Gasteiger partial charge is 0.255 e. The number of amides is 2. The summed E-state index contributed by atoms with van der Waals surface area (Å²) >= 11 is 6.07. The standard InChI is InChI=1S/C19H19ClN2O3/c1-25-17-8-7-15(12-16(17)20)21-18(23)13-5-4-6-14(11-13)19(24)22-9-2-3-10-22/h4-8,11-12H,2-3,9-10H2,1H3,(H,21,23). The van der Waals surface area contributed by atoms with E-state index in [1.165, 1.54) is 7.11 Å². The van der Waals surface area contributed by atoms with E-state index in [0.29, 0.717) is 27.6 Å². The summed E-state index contributed by atoms with van der Waals surface area (Å²) in [6.45, 7) is 1.55. The average Bonchev–Trinajstić information content (AvgIpc) is 3.16. The molecular formula is C19H19ClN2O3. The monoisotopic (exact) mass is 358 g/mol. The Kier molecular flexibility index (Phi) is 5.24. The number of rotatable bonds is 4. The molecule has 0 radical (unpaired) electrons. The van der Waals surface area contributed by atoms with Crippen LogP contribution in [-0.2, 0) is 0 Å². The topological polar surface area (TPSA) is 58.6 Å². The van der Waals surface area contributed by atoms with E-state index in [0.717, 1.165) is 25.9 Å². The number of carbonyl (C=O) groups excluding carboxylic acids is 2. The maximum atomic E-state index is 12.5. The molecule has 0 saturated carbocycles. The summed E-state index contributed by atoms with van der Waals surface area (Å²) in [5, 5.41) is 3.20. The molecule has 1 saturated heterocycles. The Bertz CT molecular complexity index is 801. The lowest BCUT2D eigenvalue weighted by molar-refractivity contribution is 0.0793. The molecule has 3 rings (SSSR count). The minimum Gasteiger partial charge on any atom is -0.495 e. The molecule has 1 aliphatic heterocycles. The maximum absolute atomic E-state index is 12.5. The summed E-state index contributed by atoms with van der Waals surface area (Å²) in [5.41, 5.74) is 1.52. The molecular weight excluding hydrogens is 340 g/mol. The van der Waals surface area contributed by atoms with Crippen LogP contribution < -0.4 is 10.1 Å². The van der Waals surface area contributed by atoms with Crippen molar-refractivity contribution in [2.24, 2.45) is 0 Å². The molecule has 0 unspecified atom stereocenters. The molecule has 1 heterocycles. The Hall–Kier alpha value is -2.53. The van der Waals surface area contributed by atoms with Crippen molar-refractivity contribution >= 4 is 29.1 Å². The molecule has 2 aromatic carbocycles. The average molecular weight is 359 g/mol. The molecule has 25 heavy (non-hydrogen) atoms. The predicted octanol–water partition coefficient (Wildman–Crippen LogP) is 3.84. The fourth-order valence-corrected chi connectivity index (χ4v) is 3.10. The Morgan fingerprint density at radius 1 is 1.08 bits per heavy atom. The van der Waals surface area contributed by atoms with Gasteiger partial charge >= 0.3 is 0 Å². The van der Waals surface area contributed by atoms with Gasteiger partial charge in [0, 0.05) is 29.9 Å². The lowest BCUT2D eigenvalue weighted by atomic mass is 10.1. The second-order valence-electron chi connectivity index (χ2n) is 5.88. The van der Waals surface area contributed by atoms with Gasteiger partial charge in [0.05, 0.1) is 12.1 Å². The zero-order valence-corrected chi connectivity index (χ0v) is 14.7. The van der Waals surface area contributed by atoms with Crippen LogP contribution in [0.15, 0.2) is 42.5 Å². The van der Waals surface area contributed by atoms with Gasteiger partial charge in [0.1, 0.15) is 5.75 Å². The summed E-state index contributed by atoms with van der Waals surface area (Å²) in [4.78, 5) is 26.7. The normalized spacial score (nSPS) is 13.6. The van der Waals surface area contributed by atoms with Gasteiger partial charge in [-0.05, 0) is 49.2 Å². The van der Waals surface area contributed by atoms with Gasteiger partial charge in [0.15, 0.2) is 0 Å². The molecule has 2 aromatic rings. The fraction of sp³-hybridized carbons (Fsp3) is 0.263. The highest BCUT2D eigenvalue weighted by molar-refractivity contribution is 6.32. The summed E-state index contributed by atoms with van der Waals surface area (Å²) in [6.07, 6.45) is 2.06. The van der Waals surface area contributed by atoms with Gasteiger partial charge in [0.25, 0.3) is 11.8 Å². The van der Waals surface area contributed by atoms with Crippen LogP contribution in [0.5, 0.6) is 5.75 Å². The summed E-state index contributed by atoms with van der Waals surface area (Å²) in [7, 11) is 1.53. The van der Waals surface area contributed by atoms with Crippen LogP contribution in [0.2, 0.25) is 5.02 Å². The first-order valence-corrected chi connectivity index (χ1v) is 8.50. The number of halogens is 1.